The standard InChI is InChI=1S/C11H8BrF6NO3/c12-6-3-5(7(20)4-19)1-2-8(6)21-10(14,15)9(13)22-11(16,17)18/h1-3,9H,4,19H2/t9-/m1/s1. The molecule has 0 fully saturated rings. The van der Waals surface area contributed by atoms with Crippen LogP contribution in [0.1, 0.15) is 10.4 Å². The summed E-state index contributed by atoms with van der Waals surface area (Å²) < 4.78 is 80.7. The molecule has 2 N–H and O–H groups in total. The molecule has 0 aliphatic rings. The molecule has 1 aromatic carbocycles. The van der Waals surface area contributed by atoms with Crippen LogP contribution in [0.25, 0.3) is 0 Å². The number of ether oxygens (including phenoxy) is 2. The molecular formula is C11H8BrF6NO3. The Kier molecular flexibility index (Phi) is 5.82. The molecule has 1 aromatic rings. The fourth-order valence-corrected chi connectivity index (χ4v) is 1.71. The van der Waals surface area contributed by atoms with Gasteiger partial charge in [-0.05, 0) is 34.1 Å². The van der Waals surface area contributed by atoms with Gasteiger partial charge in [-0.3, -0.25) is 4.79 Å². The lowest BCUT2D eigenvalue weighted by Crippen LogP contribution is -2.41. The maximum Gasteiger partial charge on any atom is 0.525 e. The van der Waals surface area contributed by atoms with Gasteiger partial charge in [0.05, 0.1) is 11.0 Å². The maximum absolute atomic E-state index is 13.2. The summed E-state index contributed by atoms with van der Waals surface area (Å²) in [6.07, 6.45) is -14.6. The Balaban J connectivity index is 2.91. The average Bonchev–Trinajstić information content (AvgIpc) is 2.38. The highest BCUT2D eigenvalue weighted by Crippen LogP contribution is 2.35. The molecular weight excluding hydrogens is 388 g/mol. The second kappa shape index (κ2) is 6.84. The fraction of sp³-hybridized carbons (Fsp3) is 0.364. The van der Waals surface area contributed by atoms with E-state index in [-0.39, 0.29) is 16.6 Å². The summed E-state index contributed by atoms with van der Waals surface area (Å²) in [4.78, 5) is 11.3. The zero-order valence-electron chi connectivity index (χ0n) is 10.5. The second-order valence-electron chi connectivity index (χ2n) is 3.82. The third-order valence-electron chi connectivity index (χ3n) is 2.19. The van der Waals surface area contributed by atoms with Gasteiger partial charge in [0.2, 0.25) is 0 Å². The van der Waals surface area contributed by atoms with E-state index in [0.717, 1.165) is 18.2 Å². The minimum absolute atomic E-state index is 0.0494. The van der Waals surface area contributed by atoms with E-state index in [1.807, 2.05) is 0 Å². The first-order chi connectivity index (χ1) is 9.96. The van der Waals surface area contributed by atoms with Crippen LogP contribution in [0.15, 0.2) is 22.7 Å². The highest BCUT2D eigenvalue weighted by molar-refractivity contribution is 9.10. The van der Waals surface area contributed by atoms with Crippen molar-refractivity contribution in [3.05, 3.63) is 28.2 Å². The summed E-state index contributed by atoms with van der Waals surface area (Å²) in [6, 6.07) is 2.95. The van der Waals surface area contributed by atoms with Gasteiger partial charge in [0, 0.05) is 5.56 Å². The van der Waals surface area contributed by atoms with Crippen LogP contribution >= 0.6 is 15.9 Å². The van der Waals surface area contributed by atoms with Crippen molar-refractivity contribution in [2.45, 2.75) is 18.8 Å². The van der Waals surface area contributed by atoms with Crippen LogP contribution in [0.3, 0.4) is 0 Å². The number of carbonyl (C=O) groups is 1. The topological polar surface area (TPSA) is 61.6 Å². The first kappa shape index (κ1) is 18.7. The quantitative estimate of drug-likeness (QED) is 0.592. The first-order valence-electron chi connectivity index (χ1n) is 5.44. The molecule has 0 aliphatic heterocycles. The molecule has 0 aliphatic carbocycles. The predicted molar refractivity (Wildman–Crippen MR) is 65.1 cm³/mol. The number of benzene rings is 1. The van der Waals surface area contributed by atoms with Gasteiger partial charge in [0.1, 0.15) is 5.75 Å². The molecule has 0 spiro atoms. The third-order valence-corrected chi connectivity index (χ3v) is 2.81. The van der Waals surface area contributed by atoms with Crippen LogP contribution in [-0.4, -0.2) is 31.2 Å². The van der Waals surface area contributed by atoms with E-state index in [1.54, 1.807) is 0 Å². The van der Waals surface area contributed by atoms with Gasteiger partial charge < -0.3 is 10.5 Å². The van der Waals surface area contributed by atoms with Crippen LogP contribution in [0.5, 0.6) is 5.75 Å². The third kappa shape index (κ3) is 5.14. The zero-order valence-corrected chi connectivity index (χ0v) is 12.1. The number of alkyl halides is 6. The lowest BCUT2D eigenvalue weighted by Gasteiger charge is -2.22. The van der Waals surface area contributed by atoms with Crippen molar-refractivity contribution in [2.24, 2.45) is 5.73 Å². The molecule has 124 valence electrons. The Morgan fingerprint density at radius 2 is 1.86 bits per heavy atom. The molecule has 1 rings (SSSR count). The van der Waals surface area contributed by atoms with Crippen LogP contribution < -0.4 is 10.5 Å². The summed E-state index contributed by atoms with van der Waals surface area (Å²) in [5, 5.41) is 0. The number of Topliss-reactive ketones (excluding diaryl/α,β-unsaturated/α-hetero) is 1. The first-order valence-corrected chi connectivity index (χ1v) is 6.24. The molecule has 0 saturated carbocycles. The van der Waals surface area contributed by atoms with Crippen molar-refractivity contribution in [2.75, 3.05) is 6.54 Å². The number of nitrogens with two attached hydrogens (primary N) is 1. The van der Waals surface area contributed by atoms with Gasteiger partial charge in [0.15, 0.2) is 5.78 Å². The van der Waals surface area contributed by atoms with Crippen molar-refractivity contribution in [1.29, 1.82) is 0 Å². The van der Waals surface area contributed by atoms with E-state index < -0.39 is 30.4 Å². The summed E-state index contributed by atoms with van der Waals surface area (Å²) in [7, 11) is 0. The van der Waals surface area contributed by atoms with E-state index in [9.17, 15) is 31.1 Å². The number of ketones is 1. The summed E-state index contributed by atoms with van der Waals surface area (Å²) in [5.74, 6) is -1.20. The van der Waals surface area contributed by atoms with Crippen molar-refractivity contribution < 1.29 is 40.6 Å². The lowest BCUT2D eigenvalue weighted by molar-refractivity contribution is -0.411. The van der Waals surface area contributed by atoms with Crippen LogP contribution in [0.4, 0.5) is 26.3 Å². The molecule has 22 heavy (non-hydrogen) atoms. The lowest BCUT2D eigenvalue weighted by atomic mass is 10.1. The van der Waals surface area contributed by atoms with Crippen molar-refractivity contribution in [3.63, 3.8) is 0 Å². The molecule has 0 aromatic heterocycles. The molecule has 0 heterocycles. The number of hydrogen-bond acceptors (Lipinski definition) is 4. The predicted octanol–water partition coefficient (Wildman–Crippen LogP) is 3.39. The van der Waals surface area contributed by atoms with E-state index in [2.05, 4.69) is 25.4 Å². The minimum atomic E-state index is -5.60. The molecule has 1 atom stereocenters. The Labute approximate surface area is 128 Å². The van der Waals surface area contributed by atoms with E-state index in [1.165, 1.54) is 0 Å². The Morgan fingerprint density at radius 3 is 2.32 bits per heavy atom. The van der Waals surface area contributed by atoms with Gasteiger partial charge in [-0.25, -0.2) is 9.13 Å². The number of halogens is 7. The molecule has 0 radical (unpaired) electrons. The summed E-state index contributed by atoms with van der Waals surface area (Å²) in [6.45, 7) is -0.339. The number of rotatable bonds is 6. The van der Waals surface area contributed by atoms with Crippen LogP contribution in [0.2, 0.25) is 0 Å². The normalized spacial score (nSPS) is 13.8. The molecule has 0 unspecified atom stereocenters. The van der Waals surface area contributed by atoms with Gasteiger partial charge in [-0.1, -0.05) is 0 Å². The SMILES string of the molecule is NCC(=O)c1ccc(OC(F)(F)[C@H](F)OC(F)(F)F)c(Br)c1. The number of hydrogen-bond donors (Lipinski definition) is 1. The Bertz CT molecular complexity index is 551. The summed E-state index contributed by atoms with van der Waals surface area (Å²) in [5.41, 5.74) is 5.15. The van der Waals surface area contributed by atoms with Gasteiger partial charge >= 0.3 is 18.8 Å². The van der Waals surface area contributed by atoms with E-state index in [4.69, 9.17) is 5.73 Å². The molecule has 0 saturated heterocycles. The summed E-state index contributed by atoms with van der Waals surface area (Å²) >= 11 is 2.77. The largest absolute Gasteiger partial charge is 0.525 e. The van der Waals surface area contributed by atoms with Gasteiger partial charge in [-0.15, -0.1) is 13.2 Å². The molecule has 4 nitrogen and oxygen atoms in total. The zero-order chi connectivity index (χ0) is 17.1. The smallest absolute Gasteiger partial charge is 0.427 e. The average molecular weight is 396 g/mol. The second-order valence-corrected chi connectivity index (χ2v) is 4.67. The molecule has 11 heteroatoms. The van der Waals surface area contributed by atoms with Crippen molar-refractivity contribution in [3.8, 4) is 5.75 Å². The van der Waals surface area contributed by atoms with Gasteiger partial charge in [-0.2, -0.15) is 8.78 Å². The van der Waals surface area contributed by atoms with Crippen molar-refractivity contribution in [1.82, 2.24) is 0 Å². The highest BCUT2D eigenvalue weighted by Gasteiger charge is 2.50. The highest BCUT2D eigenvalue weighted by atomic mass is 79.9. The van der Waals surface area contributed by atoms with E-state index >= 15 is 0 Å². The van der Waals surface area contributed by atoms with E-state index in [0.29, 0.717) is 0 Å². The monoisotopic (exact) mass is 395 g/mol. The Morgan fingerprint density at radius 1 is 1.27 bits per heavy atom. The van der Waals surface area contributed by atoms with Crippen LogP contribution in [-0.2, 0) is 4.74 Å². The Hall–Kier alpha value is -1.33. The molecule has 0 amide bonds. The molecule has 0 bridgehead atoms. The van der Waals surface area contributed by atoms with Crippen molar-refractivity contribution >= 4 is 21.7 Å². The minimum Gasteiger partial charge on any atom is -0.427 e. The van der Waals surface area contributed by atoms with Gasteiger partial charge in [0.25, 0.3) is 0 Å². The number of carbonyl (C=O) groups excluding carboxylic acids is 1. The van der Waals surface area contributed by atoms with Crippen LogP contribution in [0, 0.1) is 0 Å². The maximum atomic E-state index is 13.2. The fourth-order valence-electron chi connectivity index (χ4n) is 1.25.